The lowest BCUT2D eigenvalue weighted by Gasteiger charge is -2.29. The molecule has 5 nitrogen and oxygen atoms in total. The summed E-state index contributed by atoms with van der Waals surface area (Å²) < 4.78 is 76.9. The summed E-state index contributed by atoms with van der Waals surface area (Å²) in [7, 11) is 0. The second-order valence-corrected chi connectivity index (χ2v) is 5.52. The first-order valence-corrected chi connectivity index (χ1v) is 7.26. The van der Waals surface area contributed by atoms with Gasteiger partial charge in [-0.05, 0) is 24.3 Å². The molecule has 2 aromatic rings. The maximum Gasteiger partial charge on any atom is 0.492 e. The number of rotatable bonds is 2. The van der Waals surface area contributed by atoms with Crippen molar-refractivity contribution in [3.63, 3.8) is 0 Å². The molecule has 2 aromatic carbocycles. The second kappa shape index (κ2) is 6.20. The van der Waals surface area contributed by atoms with Crippen molar-refractivity contribution in [2.75, 3.05) is 5.32 Å². The number of halogens is 6. The third-order valence-corrected chi connectivity index (χ3v) is 3.50. The Morgan fingerprint density at radius 3 is 2.27 bits per heavy atom. The van der Waals surface area contributed by atoms with Crippen LogP contribution >= 0.6 is 11.6 Å². The highest BCUT2D eigenvalue weighted by Crippen LogP contribution is 2.46. The fourth-order valence-corrected chi connectivity index (χ4v) is 2.29. The Kier molecular flexibility index (Phi) is 4.31. The zero-order valence-electron chi connectivity index (χ0n) is 12.5. The molecule has 2 amide bonds. The summed E-state index contributed by atoms with van der Waals surface area (Å²) in [6, 6.07) is 4.48. The molecule has 0 unspecified atom stereocenters. The van der Waals surface area contributed by atoms with Crippen LogP contribution < -0.4 is 20.1 Å². The molecule has 0 saturated carbocycles. The van der Waals surface area contributed by atoms with Crippen molar-refractivity contribution in [1.29, 1.82) is 0 Å². The third-order valence-electron chi connectivity index (χ3n) is 3.27. The molecule has 0 aromatic heterocycles. The minimum Gasteiger partial charge on any atom is -0.424 e. The fraction of sp³-hybridized carbons (Fsp3) is 0.133. The van der Waals surface area contributed by atoms with E-state index >= 15 is 0 Å². The fourth-order valence-electron chi connectivity index (χ4n) is 2.13. The molecule has 1 aliphatic rings. The largest absolute Gasteiger partial charge is 0.492 e. The van der Waals surface area contributed by atoms with Crippen molar-refractivity contribution in [1.82, 2.24) is 5.32 Å². The predicted molar refractivity (Wildman–Crippen MR) is 80.0 cm³/mol. The Morgan fingerprint density at radius 2 is 1.65 bits per heavy atom. The van der Waals surface area contributed by atoms with E-state index in [9.17, 15) is 26.7 Å². The molecule has 26 heavy (non-hydrogen) atoms. The molecule has 138 valence electrons. The minimum atomic E-state index is -5.23. The molecular formula is C15H8ClF5N2O3. The van der Waals surface area contributed by atoms with E-state index < -0.39 is 35.4 Å². The molecule has 1 heterocycles. The Bertz CT molecular complexity index is 857. The van der Waals surface area contributed by atoms with E-state index in [1.807, 2.05) is 0 Å². The number of ether oxygens (including phenoxy) is 2. The topological polar surface area (TPSA) is 59.6 Å². The average molecular weight is 395 g/mol. The molecule has 0 saturated heterocycles. The van der Waals surface area contributed by atoms with Crippen molar-refractivity contribution in [3.8, 4) is 11.5 Å². The lowest BCUT2D eigenvalue weighted by molar-refractivity contribution is -0.317. The van der Waals surface area contributed by atoms with Crippen molar-refractivity contribution in [3.05, 3.63) is 53.1 Å². The number of hydrogen-bond donors (Lipinski definition) is 2. The molecule has 1 aliphatic heterocycles. The molecule has 0 fully saturated rings. The number of carbonyl (C=O) groups is 1. The van der Waals surface area contributed by atoms with Crippen LogP contribution in [-0.2, 0) is 0 Å². The number of benzene rings is 2. The van der Waals surface area contributed by atoms with Crippen molar-refractivity contribution < 1.29 is 36.2 Å². The smallest absolute Gasteiger partial charge is 0.424 e. The molecule has 3 rings (SSSR count). The van der Waals surface area contributed by atoms with E-state index in [-0.39, 0.29) is 16.5 Å². The van der Waals surface area contributed by atoms with Gasteiger partial charge in [0.05, 0.1) is 0 Å². The number of fused-ring (bicyclic) bond motifs is 1. The molecular weight excluding hydrogens is 387 g/mol. The van der Waals surface area contributed by atoms with E-state index in [1.54, 1.807) is 5.32 Å². The molecule has 11 heteroatoms. The van der Waals surface area contributed by atoms with Gasteiger partial charge in [0.2, 0.25) is 0 Å². The number of alkyl halides is 3. The summed E-state index contributed by atoms with van der Waals surface area (Å²) in [4.78, 5) is 11.9. The zero-order chi connectivity index (χ0) is 19.1. The van der Waals surface area contributed by atoms with Gasteiger partial charge in [-0.1, -0.05) is 17.7 Å². The standard InChI is InChI=1S/C15H8ClF5N2O3/c16-7-4-5-10-11(6-7)26-15(25-10,14(19,20)21)23-13(24)22-12-8(17)2-1-3-9(12)18/h1-6H,(H2,22,23,24)/t15-/m0/s1. The van der Waals surface area contributed by atoms with E-state index in [0.717, 1.165) is 30.3 Å². The van der Waals surface area contributed by atoms with Crippen LogP contribution in [0.15, 0.2) is 36.4 Å². The quantitative estimate of drug-likeness (QED) is 0.741. The first kappa shape index (κ1) is 18.1. The summed E-state index contributed by atoms with van der Waals surface area (Å²) in [5.41, 5.74) is -0.930. The molecule has 0 spiro atoms. The Hall–Kier alpha value is -2.75. The summed E-state index contributed by atoms with van der Waals surface area (Å²) in [6.07, 6.45) is -5.23. The molecule has 1 atom stereocenters. The van der Waals surface area contributed by atoms with Gasteiger partial charge in [-0.25, -0.2) is 13.6 Å². The van der Waals surface area contributed by atoms with Crippen LogP contribution in [0, 0.1) is 11.6 Å². The van der Waals surface area contributed by atoms with E-state index in [1.165, 1.54) is 11.4 Å². The van der Waals surface area contributed by atoms with Crippen LogP contribution in [-0.4, -0.2) is 18.1 Å². The number of para-hydroxylation sites is 1. The normalized spacial score (nSPS) is 18.5. The maximum atomic E-state index is 13.5. The lowest BCUT2D eigenvalue weighted by atomic mass is 10.3. The highest BCUT2D eigenvalue weighted by atomic mass is 35.5. The van der Waals surface area contributed by atoms with Crippen molar-refractivity contribution >= 4 is 23.3 Å². The van der Waals surface area contributed by atoms with Crippen LogP contribution in [0.2, 0.25) is 5.02 Å². The summed E-state index contributed by atoms with van der Waals surface area (Å²) in [5.74, 6) is -6.64. The minimum absolute atomic E-state index is 0.0724. The van der Waals surface area contributed by atoms with Gasteiger partial charge in [-0.15, -0.1) is 0 Å². The van der Waals surface area contributed by atoms with E-state index in [0.29, 0.717) is 0 Å². The molecule has 0 radical (unpaired) electrons. The van der Waals surface area contributed by atoms with Gasteiger partial charge >= 0.3 is 18.1 Å². The van der Waals surface area contributed by atoms with Gasteiger partial charge in [-0.3, -0.25) is 5.32 Å². The van der Waals surface area contributed by atoms with Gasteiger partial charge in [0.1, 0.15) is 17.3 Å². The van der Waals surface area contributed by atoms with Crippen molar-refractivity contribution in [2.45, 2.75) is 12.1 Å². The number of nitrogens with one attached hydrogen (secondary N) is 2. The van der Waals surface area contributed by atoms with Crippen LogP contribution in [0.5, 0.6) is 11.5 Å². The monoisotopic (exact) mass is 394 g/mol. The number of urea groups is 1. The summed E-state index contributed by atoms with van der Waals surface area (Å²) in [6.45, 7) is 0. The van der Waals surface area contributed by atoms with Crippen LogP contribution in [0.1, 0.15) is 0 Å². The van der Waals surface area contributed by atoms with E-state index in [4.69, 9.17) is 21.1 Å². The van der Waals surface area contributed by atoms with Gasteiger partial charge in [0.15, 0.2) is 11.5 Å². The summed E-state index contributed by atoms with van der Waals surface area (Å²) in [5, 5.41) is 3.13. The first-order chi connectivity index (χ1) is 12.1. The van der Waals surface area contributed by atoms with Crippen LogP contribution in [0.25, 0.3) is 0 Å². The zero-order valence-corrected chi connectivity index (χ0v) is 13.2. The maximum absolute atomic E-state index is 13.5. The van der Waals surface area contributed by atoms with E-state index in [2.05, 4.69) is 0 Å². The van der Waals surface area contributed by atoms with Gasteiger partial charge in [-0.2, -0.15) is 13.2 Å². The molecule has 0 aliphatic carbocycles. The SMILES string of the molecule is O=C(Nc1c(F)cccc1F)N[C@@]1(C(F)(F)F)Oc2ccc(Cl)cc2O1. The molecule has 0 bridgehead atoms. The predicted octanol–water partition coefficient (Wildman–Crippen LogP) is 4.43. The van der Waals surface area contributed by atoms with Crippen molar-refractivity contribution in [2.24, 2.45) is 0 Å². The Morgan fingerprint density at radius 1 is 1.04 bits per heavy atom. The van der Waals surface area contributed by atoms with Crippen LogP contribution in [0.4, 0.5) is 32.4 Å². The number of hydrogen-bond acceptors (Lipinski definition) is 3. The highest BCUT2D eigenvalue weighted by molar-refractivity contribution is 6.30. The number of anilines is 1. The number of carbonyl (C=O) groups excluding carboxylic acids is 1. The Balaban J connectivity index is 1.86. The van der Waals surface area contributed by atoms with Gasteiger partial charge in [0.25, 0.3) is 0 Å². The number of amides is 2. The molecule has 2 N–H and O–H groups in total. The summed E-state index contributed by atoms with van der Waals surface area (Å²) >= 11 is 5.68. The third kappa shape index (κ3) is 3.19. The highest BCUT2D eigenvalue weighted by Gasteiger charge is 2.65. The second-order valence-electron chi connectivity index (χ2n) is 5.09. The lowest BCUT2D eigenvalue weighted by Crippen LogP contribution is -2.65. The van der Waals surface area contributed by atoms with Gasteiger partial charge in [0, 0.05) is 11.1 Å². The van der Waals surface area contributed by atoms with Crippen LogP contribution in [0.3, 0.4) is 0 Å². The Labute approximate surface area is 147 Å². The van der Waals surface area contributed by atoms with Gasteiger partial charge < -0.3 is 14.8 Å². The average Bonchev–Trinajstić information content (AvgIpc) is 2.89. The first-order valence-electron chi connectivity index (χ1n) is 6.89.